The zero-order chi connectivity index (χ0) is 23.1. The van der Waals surface area contributed by atoms with Crippen LogP contribution in [0.15, 0.2) is 21.5 Å². The lowest BCUT2D eigenvalue weighted by Gasteiger charge is -2.14. The maximum Gasteiger partial charge on any atom is 0.343 e. The number of imide groups is 1. The van der Waals surface area contributed by atoms with Crippen LogP contribution in [0.1, 0.15) is 26.3 Å². The third-order valence-electron chi connectivity index (χ3n) is 3.72. The molecule has 2 rings (SSSR count). The van der Waals surface area contributed by atoms with Crippen molar-refractivity contribution in [2.24, 2.45) is 0 Å². The van der Waals surface area contributed by atoms with Crippen LogP contribution in [0.5, 0.6) is 11.5 Å². The normalized spacial score (nSPS) is 14.9. The summed E-state index contributed by atoms with van der Waals surface area (Å²) >= 11 is 4.09. The number of esters is 2. The van der Waals surface area contributed by atoms with Crippen LogP contribution in [-0.2, 0) is 23.9 Å². The molecule has 11 heteroatoms. The van der Waals surface area contributed by atoms with Gasteiger partial charge in [-0.2, -0.15) is 0 Å². The average Bonchev–Trinajstić information content (AvgIpc) is 2.94. The lowest BCUT2D eigenvalue weighted by Crippen LogP contribution is -2.35. The van der Waals surface area contributed by atoms with E-state index < -0.39 is 29.6 Å². The zero-order valence-corrected chi connectivity index (χ0v) is 19.8. The van der Waals surface area contributed by atoms with Crippen molar-refractivity contribution in [3.63, 3.8) is 0 Å². The van der Waals surface area contributed by atoms with Gasteiger partial charge in [0.2, 0.25) is 0 Å². The molecule has 1 aromatic rings. The number of ether oxygens (including phenoxy) is 4. The van der Waals surface area contributed by atoms with Crippen LogP contribution in [0.2, 0.25) is 0 Å². The van der Waals surface area contributed by atoms with Crippen LogP contribution in [0.3, 0.4) is 0 Å². The van der Waals surface area contributed by atoms with Gasteiger partial charge in [-0.05, 0) is 72.2 Å². The van der Waals surface area contributed by atoms with Crippen LogP contribution in [0.25, 0.3) is 6.08 Å². The second-order valence-corrected chi connectivity index (χ2v) is 8.28. The highest BCUT2D eigenvalue weighted by Crippen LogP contribution is 2.39. The fourth-order valence-electron chi connectivity index (χ4n) is 2.48. The number of carbonyl (C=O) groups is 4. The summed E-state index contributed by atoms with van der Waals surface area (Å²) in [4.78, 5) is 49.0. The lowest BCUT2D eigenvalue weighted by molar-refractivity contribution is -0.149. The maximum absolute atomic E-state index is 12.6. The maximum atomic E-state index is 12.6. The minimum absolute atomic E-state index is 0.153. The van der Waals surface area contributed by atoms with E-state index in [1.807, 2.05) is 0 Å². The van der Waals surface area contributed by atoms with E-state index in [1.54, 1.807) is 32.9 Å². The molecule has 1 aromatic carbocycles. The van der Waals surface area contributed by atoms with Gasteiger partial charge in [-0.15, -0.1) is 0 Å². The van der Waals surface area contributed by atoms with Gasteiger partial charge in [-0.1, -0.05) is 0 Å². The van der Waals surface area contributed by atoms with Gasteiger partial charge in [0.15, 0.2) is 18.1 Å². The number of rotatable bonds is 9. The van der Waals surface area contributed by atoms with Gasteiger partial charge in [-0.3, -0.25) is 19.3 Å². The van der Waals surface area contributed by atoms with E-state index in [1.165, 1.54) is 13.2 Å². The van der Waals surface area contributed by atoms with Crippen molar-refractivity contribution in [1.29, 1.82) is 0 Å². The summed E-state index contributed by atoms with van der Waals surface area (Å²) in [5.41, 5.74) is 0.552. The van der Waals surface area contributed by atoms with Crippen molar-refractivity contribution < 1.29 is 38.1 Å². The second kappa shape index (κ2) is 11.2. The Balaban J connectivity index is 2.26. The van der Waals surface area contributed by atoms with E-state index in [0.29, 0.717) is 28.1 Å². The molecule has 0 spiro atoms. The summed E-state index contributed by atoms with van der Waals surface area (Å²) in [5, 5.41) is -0.556. The highest BCUT2D eigenvalue weighted by Gasteiger charge is 2.36. The number of halogens is 1. The molecule has 0 aromatic heterocycles. The Labute approximate surface area is 192 Å². The van der Waals surface area contributed by atoms with Gasteiger partial charge in [0.1, 0.15) is 6.54 Å². The zero-order valence-electron chi connectivity index (χ0n) is 17.4. The number of benzene rings is 1. The molecule has 1 heterocycles. The number of nitrogens with zero attached hydrogens (tertiary/aromatic N) is 1. The fraction of sp³-hybridized carbons (Fsp3) is 0.400. The first-order chi connectivity index (χ1) is 14.7. The molecule has 0 saturated carbocycles. The van der Waals surface area contributed by atoms with Crippen LogP contribution in [0.4, 0.5) is 4.79 Å². The van der Waals surface area contributed by atoms with Crippen molar-refractivity contribution in [1.82, 2.24) is 4.90 Å². The van der Waals surface area contributed by atoms with Crippen LogP contribution >= 0.6 is 27.7 Å². The minimum atomic E-state index is -0.660. The molecule has 2 amide bonds. The Bertz CT molecular complexity index is 915. The molecule has 0 atom stereocenters. The van der Waals surface area contributed by atoms with Crippen molar-refractivity contribution >= 4 is 56.9 Å². The van der Waals surface area contributed by atoms with Crippen LogP contribution in [0, 0.1) is 0 Å². The highest BCUT2D eigenvalue weighted by atomic mass is 79.9. The molecule has 1 saturated heterocycles. The number of hydrogen-bond donors (Lipinski definition) is 0. The fourth-order valence-corrected chi connectivity index (χ4v) is 3.89. The first-order valence-corrected chi connectivity index (χ1v) is 10.9. The number of hydrogen-bond acceptors (Lipinski definition) is 9. The molecule has 0 N–H and O–H groups in total. The number of methoxy groups -OCH3 is 1. The summed E-state index contributed by atoms with van der Waals surface area (Å²) in [7, 11) is 1.25. The quantitative estimate of drug-likeness (QED) is 0.361. The Morgan fingerprint density at radius 2 is 1.90 bits per heavy atom. The largest absolute Gasteiger partial charge is 0.490 e. The van der Waals surface area contributed by atoms with Gasteiger partial charge >= 0.3 is 11.9 Å². The monoisotopic (exact) mass is 515 g/mol. The molecule has 1 fully saturated rings. The smallest absolute Gasteiger partial charge is 0.343 e. The van der Waals surface area contributed by atoms with Gasteiger partial charge in [-0.25, -0.2) is 4.79 Å². The number of carbonyl (C=O) groups excluding carboxylic acids is 4. The topological polar surface area (TPSA) is 108 Å². The molecule has 9 nitrogen and oxygen atoms in total. The molecule has 0 unspecified atom stereocenters. The molecule has 0 radical (unpaired) electrons. The molecular formula is C20H22BrNO8S. The van der Waals surface area contributed by atoms with Crippen molar-refractivity contribution in [3.8, 4) is 11.5 Å². The SMILES string of the molecule is CCOc1cc(/C=C2\SC(=O)N(CC(=O)OC(C)C)C2=O)cc(Br)c1OCC(=O)OC. The Morgan fingerprint density at radius 3 is 2.52 bits per heavy atom. The minimum Gasteiger partial charge on any atom is -0.490 e. The standard InChI is InChI=1S/C20H22BrNO8S/c1-5-28-14-7-12(6-13(21)18(14)29-10-17(24)27-4)8-15-19(25)22(20(26)31-15)9-16(23)30-11(2)3/h6-8,11H,5,9-10H2,1-4H3/b15-8-. The average molecular weight is 516 g/mol. The molecule has 0 aliphatic carbocycles. The third-order valence-corrected chi connectivity index (χ3v) is 5.22. The summed E-state index contributed by atoms with van der Waals surface area (Å²) in [6.07, 6.45) is 1.16. The van der Waals surface area contributed by atoms with Crippen molar-refractivity contribution in [2.75, 3.05) is 26.9 Å². The number of thioether (sulfide) groups is 1. The summed E-state index contributed by atoms with van der Waals surface area (Å²) < 4.78 is 21.1. The summed E-state index contributed by atoms with van der Waals surface area (Å²) in [6.45, 7) is 4.72. The third kappa shape index (κ3) is 6.73. The first-order valence-electron chi connectivity index (χ1n) is 9.27. The predicted octanol–water partition coefficient (Wildman–Crippen LogP) is 3.39. The molecule has 1 aliphatic heterocycles. The first kappa shape index (κ1) is 24.7. The molecule has 1 aliphatic rings. The highest BCUT2D eigenvalue weighted by molar-refractivity contribution is 9.10. The van der Waals surface area contributed by atoms with Gasteiger partial charge in [0.25, 0.3) is 11.1 Å². The summed E-state index contributed by atoms with van der Waals surface area (Å²) in [6, 6.07) is 3.26. The van der Waals surface area contributed by atoms with Gasteiger partial charge in [0, 0.05) is 0 Å². The van der Waals surface area contributed by atoms with Gasteiger partial charge in [0.05, 0.1) is 29.2 Å². The lowest BCUT2D eigenvalue weighted by atomic mass is 10.2. The van der Waals surface area contributed by atoms with E-state index in [-0.39, 0.29) is 17.6 Å². The van der Waals surface area contributed by atoms with E-state index in [0.717, 1.165) is 16.7 Å². The Kier molecular flexibility index (Phi) is 8.93. The second-order valence-electron chi connectivity index (χ2n) is 6.43. The van der Waals surface area contributed by atoms with E-state index in [4.69, 9.17) is 14.2 Å². The number of amides is 2. The van der Waals surface area contributed by atoms with E-state index >= 15 is 0 Å². The molecule has 0 bridgehead atoms. The van der Waals surface area contributed by atoms with Crippen LogP contribution < -0.4 is 9.47 Å². The Hall–Kier alpha value is -2.53. The molecule has 168 valence electrons. The van der Waals surface area contributed by atoms with Crippen molar-refractivity contribution in [2.45, 2.75) is 26.9 Å². The van der Waals surface area contributed by atoms with Gasteiger partial charge < -0.3 is 18.9 Å². The molecule has 31 heavy (non-hydrogen) atoms. The van der Waals surface area contributed by atoms with Crippen molar-refractivity contribution in [3.05, 3.63) is 27.1 Å². The van der Waals surface area contributed by atoms with E-state index in [2.05, 4.69) is 20.7 Å². The van der Waals surface area contributed by atoms with E-state index in [9.17, 15) is 19.2 Å². The predicted molar refractivity (Wildman–Crippen MR) is 117 cm³/mol. The molecular weight excluding hydrogens is 494 g/mol. The summed E-state index contributed by atoms with van der Waals surface area (Å²) in [5.74, 6) is -1.16. The van der Waals surface area contributed by atoms with Crippen LogP contribution in [-0.4, -0.2) is 61.0 Å². The Morgan fingerprint density at radius 1 is 1.19 bits per heavy atom.